The van der Waals surface area contributed by atoms with Gasteiger partial charge in [0.25, 0.3) is 0 Å². The minimum absolute atomic E-state index is 0.0949. The van der Waals surface area contributed by atoms with E-state index < -0.39 is 27.6 Å². The van der Waals surface area contributed by atoms with Gasteiger partial charge in [-0.25, -0.2) is 0 Å². The van der Waals surface area contributed by atoms with Crippen molar-refractivity contribution in [1.29, 1.82) is 0 Å². The number of ether oxygens (including phenoxy) is 3. The molecule has 1 saturated heterocycles. The summed E-state index contributed by atoms with van der Waals surface area (Å²) in [4.78, 5) is 0. The zero-order chi connectivity index (χ0) is 17.2. The summed E-state index contributed by atoms with van der Waals surface area (Å²) in [6.07, 6.45) is 3.19. The van der Waals surface area contributed by atoms with Crippen molar-refractivity contribution in [3.05, 3.63) is 0 Å². The Morgan fingerprint density at radius 2 is 1.88 bits per heavy atom. The molecule has 5 aliphatic rings. The van der Waals surface area contributed by atoms with Crippen LogP contribution in [0, 0.1) is 17.8 Å². The Kier molecular flexibility index (Phi) is 3.79. The molecule has 4 bridgehead atoms. The number of alkyl halides is 2. The molecule has 0 amide bonds. The number of hydrogen-bond donors (Lipinski definition) is 0. The molecular formula is C15H22F2O6S. The van der Waals surface area contributed by atoms with E-state index in [1.165, 1.54) is 0 Å². The van der Waals surface area contributed by atoms with Crippen molar-refractivity contribution in [1.82, 2.24) is 0 Å². The molecule has 138 valence electrons. The Balaban J connectivity index is 1.59. The van der Waals surface area contributed by atoms with Gasteiger partial charge in [-0.3, -0.25) is 4.18 Å². The smallest absolute Gasteiger partial charge is 0.377 e. The van der Waals surface area contributed by atoms with Crippen LogP contribution in [0.4, 0.5) is 8.78 Å². The highest BCUT2D eigenvalue weighted by Gasteiger charge is 2.66. The van der Waals surface area contributed by atoms with Gasteiger partial charge in [0, 0.05) is 7.11 Å². The average Bonchev–Trinajstić information content (AvgIpc) is 2.93. The Morgan fingerprint density at radius 1 is 1.21 bits per heavy atom. The minimum atomic E-state index is -5.05. The summed E-state index contributed by atoms with van der Waals surface area (Å²) >= 11 is 0. The normalized spacial score (nSPS) is 44.5. The van der Waals surface area contributed by atoms with Crippen molar-refractivity contribution in [2.24, 2.45) is 17.8 Å². The summed E-state index contributed by atoms with van der Waals surface area (Å²) in [6, 6.07) is 0. The largest absolute Gasteiger partial charge is 0.392 e. The molecule has 1 aliphatic heterocycles. The lowest BCUT2D eigenvalue weighted by molar-refractivity contribution is -0.217. The van der Waals surface area contributed by atoms with Crippen LogP contribution in [0.5, 0.6) is 0 Å². The lowest BCUT2D eigenvalue weighted by Crippen LogP contribution is -2.65. The summed E-state index contributed by atoms with van der Waals surface area (Å²) in [5, 5.41) is -4.05. The van der Waals surface area contributed by atoms with Crippen LogP contribution in [-0.2, 0) is 28.5 Å². The quantitative estimate of drug-likeness (QED) is 0.690. The molecule has 5 fully saturated rings. The Bertz CT molecular complexity index is 597. The molecule has 2 unspecified atom stereocenters. The Morgan fingerprint density at radius 3 is 2.42 bits per heavy atom. The third kappa shape index (κ3) is 2.35. The topological polar surface area (TPSA) is 71.1 Å². The standard InChI is InChI=1S/C15H22F2O6S/c1-20-8-15(16,17)24(18,19)23-13-4-10-2-11(5-13)14(7-21-9-22-14)12(3-10)6-13/h10-12H,2-9H2,1H3. The van der Waals surface area contributed by atoms with Crippen molar-refractivity contribution < 1.29 is 35.6 Å². The molecule has 0 aromatic heterocycles. The monoisotopic (exact) mass is 368 g/mol. The number of halogens is 2. The zero-order valence-corrected chi connectivity index (χ0v) is 14.3. The Hall–Kier alpha value is -0.350. The summed E-state index contributed by atoms with van der Waals surface area (Å²) in [5.41, 5.74) is -1.42. The molecule has 9 heteroatoms. The van der Waals surface area contributed by atoms with E-state index in [4.69, 9.17) is 13.7 Å². The maximum Gasteiger partial charge on any atom is 0.392 e. The van der Waals surface area contributed by atoms with Gasteiger partial charge in [-0.05, 0) is 49.9 Å². The van der Waals surface area contributed by atoms with Crippen LogP contribution in [0.15, 0.2) is 0 Å². The van der Waals surface area contributed by atoms with Crippen molar-refractivity contribution in [3.63, 3.8) is 0 Å². The van der Waals surface area contributed by atoms with Gasteiger partial charge in [-0.15, -0.1) is 0 Å². The number of hydrogen-bond acceptors (Lipinski definition) is 6. The van der Waals surface area contributed by atoms with Gasteiger partial charge < -0.3 is 14.2 Å². The van der Waals surface area contributed by atoms with E-state index in [9.17, 15) is 17.2 Å². The second-order valence-electron chi connectivity index (χ2n) is 7.70. The van der Waals surface area contributed by atoms with Crippen LogP contribution in [0.3, 0.4) is 0 Å². The van der Waals surface area contributed by atoms with Gasteiger partial charge in [-0.1, -0.05) is 0 Å². The molecule has 24 heavy (non-hydrogen) atoms. The lowest BCUT2D eigenvalue weighted by Gasteiger charge is -2.62. The van der Waals surface area contributed by atoms with Crippen molar-refractivity contribution in [3.8, 4) is 0 Å². The van der Waals surface area contributed by atoms with E-state index >= 15 is 0 Å². The molecule has 5 rings (SSSR count). The number of methoxy groups -OCH3 is 1. The van der Waals surface area contributed by atoms with Gasteiger partial charge in [0.05, 0.1) is 12.2 Å². The third-order valence-corrected chi connectivity index (χ3v) is 7.64. The first-order valence-corrected chi connectivity index (χ1v) is 9.66. The first kappa shape index (κ1) is 17.1. The molecule has 0 radical (unpaired) electrons. The molecule has 4 saturated carbocycles. The summed E-state index contributed by atoms with van der Waals surface area (Å²) in [7, 11) is -4.01. The van der Waals surface area contributed by atoms with Gasteiger partial charge in [0.15, 0.2) is 0 Å². The molecule has 1 spiro atoms. The fraction of sp³-hybridized carbons (Fsp3) is 1.00. The first-order valence-electron chi connectivity index (χ1n) is 8.26. The van der Waals surface area contributed by atoms with Crippen LogP contribution < -0.4 is 0 Å². The summed E-state index contributed by atoms with van der Waals surface area (Å²) in [5.74, 6) is 0.485. The second-order valence-corrected chi connectivity index (χ2v) is 9.37. The summed E-state index contributed by atoms with van der Waals surface area (Å²) in [6.45, 7) is -0.462. The van der Waals surface area contributed by atoms with Crippen LogP contribution in [0.2, 0.25) is 0 Å². The highest BCUT2D eigenvalue weighted by atomic mass is 32.2. The van der Waals surface area contributed by atoms with E-state index in [1.807, 2.05) is 0 Å². The predicted octanol–water partition coefficient (Wildman–Crippen LogP) is 1.89. The van der Waals surface area contributed by atoms with Gasteiger partial charge >= 0.3 is 15.4 Å². The van der Waals surface area contributed by atoms with Gasteiger partial charge in [-0.2, -0.15) is 17.2 Å². The molecule has 0 N–H and O–H groups in total. The molecule has 2 atom stereocenters. The van der Waals surface area contributed by atoms with Gasteiger partial charge in [0.1, 0.15) is 19.0 Å². The van der Waals surface area contributed by atoms with Crippen LogP contribution in [0.1, 0.15) is 32.1 Å². The molecule has 1 heterocycles. The van der Waals surface area contributed by atoms with E-state index in [1.54, 1.807) is 0 Å². The highest BCUT2D eigenvalue weighted by molar-refractivity contribution is 7.87. The SMILES string of the molecule is COCC(F)(F)S(=O)(=O)OC12CC3CC(C1)C1(COCO1)C(C3)C2. The van der Waals surface area contributed by atoms with Crippen molar-refractivity contribution in [2.75, 3.05) is 27.1 Å². The maximum absolute atomic E-state index is 13.9. The fourth-order valence-corrected chi connectivity index (χ4v) is 6.54. The fourth-order valence-electron chi connectivity index (χ4n) is 5.49. The molecule has 0 aromatic carbocycles. The number of rotatable bonds is 5. The van der Waals surface area contributed by atoms with E-state index in [0.717, 1.165) is 20.0 Å². The van der Waals surface area contributed by atoms with E-state index in [0.29, 0.717) is 31.8 Å². The summed E-state index contributed by atoms with van der Waals surface area (Å²) < 4.78 is 72.9. The maximum atomic E-state index is 13.9. The van der Waals surface area contributed by atoms with Crippen LogP contribution >= 0.6 is 0 Å². The Labute approximate surface area is 139 Å². The van der Waals surface area contributed by atoms with E-state index in [2.05, 4.69) is 4.74 Å². The predicted molar refractivity (Wildman–Crippen MR) is 77.7 cm³/mol. The molecule has 6 nitrogen and oxygen atoms in total. The first-order chi connectivity index (χ1) is 11.2. The average molecular weight is 368 g/mol. The second kappa shape index (κ2) is 5.33. The minimum Gasteiger partial charge on any atom is -0.377 e. The lowest BCUT2D eigenvalue weighted by atomic mass is 9.48. The van der Waals surface area contributed by atoms with Crippen molar-refractivity contribution in [2.45, 2.75) is 48.6 Å². The van der Waals surface area contributed by atoms with Crippen LogP contribution in [-0.4, -0.2) is 52.0 Å². The van der Waals surface area contributed by atoms with Crippen LogP contribution in [0.25, 0.3) is 0 Å². The molecular weight excluding hydrogens is 346 g/mol. The highest BCUT2D eigenvalue weighted by Crippen LogP contribution is 2.63. The third-order valence-electron chi connectivity index (χ3n) is 6.22. The van der Waals surface area contributed by atoms with Crippen molar-refractivity contribution >= 4 is 10.1 Å². The molecule has 4 aliphatic carbocycles. The van der Waals surface area contributed by atoms with Gasteiger partial charge in [0.2, 0.25) is 0 Å². The zero-order valence-electron chi connectivity index (χ0n) is 13.5. The molecule has 0 aromatic rings. The van der Waals surface area contributed by atoms with E-state index in [-0.39, 0.29) is 24.2 Å².